The van der Waals surface area contributed by atoms with Gasteiger partial charge in [-0.1, -0.05) is 6.07 Å². The number of carboxylic acids is 1. The van der Waals surface area contributed by atoms with E-state index < -0.39 is 23.5 Å². The number of alkyl halides is 3. The first-order chi connectivity index (χ1) is 7.88. The van der Waals surface area contributed by atoms with Crippen LogP contribution >= 0.6 is 0 Å². The molecule has 88 valence electrons. The minimum atomic E-state index is -4.48. The number of aromatic carboxylic acids is 1. The van der Waals surface area contributed by atoms with Crippen LogP contribution in [0.5, 0.6) is 0 Å². The van der Waals surface area contributed by atoms with E-state index in [-0.39, 0.29) is 5.52 Å². The van der Waals surface area contributed by atoms with Crippen molar-refractivity contribution in [3.63, 3.8) is 0 Å². The molecular formula is C10H5F3N2O2. The molecule has 4 nitrogen and oxygen atoms in total. The lowest BCUT2D eigenvalue weighted by atomic mass is 10.1. The highest BCUT2D eigenvalue weighted by molar-refractivity contribution is 5.87. The SMILES string of the molecule is O=C(O)c1ncc2ccc(C(F)(F)F)cc2n1. The van der Waals surface area contributed by atoms with E-state index >= 15 is 0 Å². The van der Waals surface area contributed by atoms with Crippen molar-refractivity contribution >= 4 is 16.9 Å². The predicted molar refractivity (Wildman–Crippen MR) is 51.5 cm³/mol. The van der Waals surface area contributed by atoms with Crippen molar-refractivity contribution in [2.24, 2.45) is 0 Å². The van der Waals surface area contributed by atoms with Crippen molar-refractivity contribution < 1.29 is 23.1 Å². The Bertz CT molecular complexity index is 596. The molecule has 0 amide bonds. The summed E-state index contributed by atoms with van der Waals surface area (Å²) in [5, 5.41) is 8.98. The standard InChI is InChI=1S/C10H5F3N2O2/c11-10(12,13)6-2-1-5-4-14-8(9(16)17)15-7(5)3-6/h1-4H,(H,16,17). The van der Waals surface area contributed by atoms with Crippen LogP contribution in [0.4, 0.5) is 13.2 Å². The number of aromatic nitrogens is 2. The Balaban J connectivity index is 2.62. The van der Waals surface area contributed by atoms with Gasteiger partial charge in [0.15, 0.2) is 0 Å². The van der Waals surface area contributed by atoms with Crippen molar-refractivity contribution in [3.8, 4) is 0 Å². The Hall–Kier alpha value is -2.18. The topological polar surface area (TPSA) is 63.1 Å². The first kappa shape index (κ1) is 11.3. The van der Waals surface area contributed by atoms with Gasteiger partial charge in [-0.15, -0.1) is 0 Å². The van der Waals surface area contributed by atoms with Crippen LogP contribution in [0.2, 0.25) is 0 Å². The fourth-order valence-corrected chi connectivity index (χ4v) is 1.30. The van der Waals surface area contributed by atoms with Gasteiger partial charge in [-0.2, -0.15) is 13.2 Å². The molecule has 0 atom stereocenters. The van der Waals surface area contributed by atoms with Crippen LogP contribution in [-0.4, -0.2) is 21.0 Å². The second-order valence-electron chi connectivity index (χ2n) is 3.27. The molecule has 1 N–H and O–H groups in total. The van der Waals surface area contributed by atoms with Gasteiger partial charge in [0.25, 0.3) is 0 Å². The van der Waals surface area contributed by atoms with Gasteiger partial charge >= 0.3 is 12.1 Å². The first-order valence-electron chi connectivity index (χ1n) is 4.45. The molecule has 1 aromatic heterocycles. The van der Waals surface area contributed by atoms with Gasteiger partial charge in [0.1, 0.15) is 0 Å². The zero-order valence-corrected chi connectivity index (χ0v) is 8.19. The number of hydrogen-bond donors (Lipinski definition) is 1. The molecule has 0 radical (unpaired) electrons. The summed E-state index contributed by atoms with van der Waals surface area (Å²) >= 11 is 0. The van der Waals surface area contributed by atoms with Crippen LogP contribution in [-0.2, 0) is 6.18 Å². The van der Waals surface area contributed by atoms with E-state index in [0.717, 1.165) is 12.1 Å². The summed E-state index contributed by atoms with van der Waals surface area (Å²) in [5.74, 6) is -1.92. The number of carbonyl (C=O) groups is 1. The third kappa shape index (κ3) is 2.17. The first-order valence-corrected chi connectivity index (χ1v) is 4.45. The average molecular weight is 242 g/mol. The zero-order chi connectivity index (χ0) is 12.6. The number of halogens is 3. The molecule has 0 saturated carbocycles. The van der Waals surface area contributed by atoms with Crippen LogP contribution in [0.25, 0.3) is 10.9 Å². The third-order valence-corrected chi connectivity index (χ3v) is 2.10. The van der Waals surface area contributed by atoms with Gasteiger partial charge in [-0.3, -0.25) is 0 Å². The summed E-state index contributed by atoms with van der Waals surface area (Å²) < 4.78 is 37.2. The summed E-state index contributed by atoms with van der Waals surface area (Å²) in [6, 6.07) is 2.89. The number of hydrogen-bond acceptors (Lipinski definition) is 3. The maximum atomic E-state index is 12.4. The minimum absolute atomic E-state index is 0.0489. The summed E-state index contributed by atoms with van der Waals surface area (Å²) in [6.45, 7) is 0. The molecule has 1 heterocycles. The average Bonchev–Trinajstić information content (AvgIpc) is 2.26. The van der Waals surface area contributed by atoms with E-state index in [1.165, 1.54) is 12.3 Å². The lowest BCUT2D eigenvalue weighted by Gasteiger charge is -2.07. The van der Waals surface area contributed by atoms with Gasteiger partial charge in [-0.05, 0) is 12.1 Å². The van der Waals surface area contributed by atoms with Crippen LogP contribution in [0, 0.1) is 0 Å². The molecule has 0 aliphatic rings. The smallest absolute Gasteiger partial charge is 0.416 e. The van der Waals surface area contributed by atoms with Crippen LogP contribution in [0.1, 0.15) is 16.2 Å². The third-order valence-electron chi connectivity index (χ3n) is 2.10. The summed E-state index contributed by atoms with van der Waals surface area (Å²) in [4.78, 5) is 17.6. The molecule has 2 rings (SSSR count). The summed E-state index contributed by atoms with van der Waals surface area (Å²) in [5.41, 5.74) is -0.924. The van der Waals surface area contributed by atoms with Gasteiger partial charge in [0.05, 0.1) is 11.1 Å². The highest BCUT2D eigenvalue weighted by Crippen LogP contribution is 2.30. The summed E-state index contributed by atoms with van der Waals surface area (Å²) in [7, 11) is 0. The molecule has 7 heteroatoms. The van der Waals surface area contributed by atoms with Crippen molar-refractivity contribution in [2.45, 2.75) is 6.18 Å². The monoisotopic (exact) mass is 242 g/mol. The van der Waals surface area contributed by atoms with Crippen molar-refractivity contribution in [1.29, 1.82) is 0 Å². The lowest BCUT2D eigenvalue weighted by molar-refractivity contribution is -0.137. The van der Waals surface area contributed by atoms with Crippen LogP contribution in [0.15, 0.2) is 24.4 Å². The Morgan fingerprint density at radius 2 is 2.00 bits per heavy atom. The molecule has 0 aliphatic heterocycles. The van der Waals surface area contributed by atoms with Crippen molar-refractivity contribution in [3.05, 3.63) is 35.8 Å². The Kier molecular flexibility index (Phi) is 2.45. The zero-order valence-electron chi connectivity index (χ0n) is 8.19. The van der Waals surface area contributed by atoms with Gasteiger partial charge < -0.3 is 5.11 Å². The van der Waals surface area contributed by atoms with Gasteiger partial charge in [-0.25, -0.2) is 14.8 Å². The molecule has 0 aliphatic carbocycles. The fourth-order valence-electron chi connectivity index (χ4n) is 1.30. The van der Waals surface area contributed by atoms with E-state index in [9.17, 15) is 18.0 Å². The second-order valence-corrected chi connectivity index (χ2v) is 3.27. The number of benzene rings is 1. The second kappa shape index (κ2) is 3.69. The van der Waals surface area contributed by atoms with E-state index in [0.29, 0.717) is 5.39 Å². The highest BCUT2D eigenvalue weighted by Gasteiger charge is 2.30. The number of carboxylic acid groups (broad SMARTS) is 1. The van der Waals surface area contributed by atoms with Crippen LogP contribution in [0.3, 0.4) is 0 Å². The highest BCUT2D eigenvalue weighted by atomic mass is 19.4. The van der Waals surface area contributed by atoms with E-state index in [2.05, 4.69) is 9.97 Å². The predicted octanol–water partition coefficient (Wildman–Crippen LogP) is 2.35. The molecule has 2 aromatic rings. The summed E-state index contributed by atoms with van der Waals surface area (Å²) in [6.07, 6.45) is -3.31. The van der Waals surface area contributed by atoms with E-state index in [1.807, 2.05) is 0 Å². The van der Waals surface area contributed by atoms with Gasteiger partial charge in [0.2, 0.25) is 5.82 Å². The van der Waals surface area contributed by atoms with E-state index in [1.54, 1.807) is 0 Å². The lowest BCUT2D eigenvalue weighted by Crippen LogP contribution is -2.06. The Morgan fingerprint density at radius 3 is 2.59 bits per heavy atom. The number of rotatable bonds is 1. The molecule has 0 spiro atoms. The van der Waals surface area contributed by atoms with Crippen molar-refractivity contribution in [2.75, 3.05) is 0 Å². The normalized spacial score (nSPS) is 11.7. The van der Waals surface area contributed by atoms with Gasteiger partial charge in [0, 0.05) is 11.6 Å². The Labute approximate surface area is 92.7 Å². The number of fused-ring (bicyclic) bond motifs is 1. The van der Waals surface area contributed by atoms with Crippen molar-refractivity contribution in [1.82, 2.24) is 9.97 Å². The molecule has 1 aromatic carbocycles. The Morgan fingerprint density at radius 1 is 1.29 bits per heavy atom. The maximum absolute atomic E-state index is 12.4. The largest absolute Gasteiger partial charge is 0.475 e. The quantitative estimate of drug-likeness (QED) is 0.833. The van der Waals surface area contributed by atoms with Crippen LogP contribution < -0.4 is 0 Å². The molecule has 17 heavy (non-hydrogen) atoms. The number of nitrogens with zero attached hydrogens (tertiary/aromatic N) is 2. The maximum Gasteiger partial charge on any atom is 0.416 e. The minimum Gasteiger partial charge on any atom is -0.475 e. The molecule has 0 bridgehead atoms. The molecule has 0 saturated heterocycles. The molecular weight excluding hydrogens is 237 g/mol. The molecule has 0 unspecified atom stereocenters. The van der Waals surface area contributed by atoms with E-state index in [4.69, 9.17) is 5.11 Å². The molecule has 0 fully saturated rings. The fraction of sp³-hybridized carbons (Fsp3) is 0.100.